The summed E-state index contributed by atoms with van der Waals surface area (Å²) < 4.78 is 45.4. The van der Waals surface area contributed by atoms with Gasteiger partial charge in [0.1, 0.15) is 11.9 Å². The van der Waals surface area contributed by atoms with Crippen LogP contribution in [-0.2, 0) is 4.74 Å². The molecule has 0 saturated heterocycles. The van der Waals surface area contributed by atoms with Crippen LogP contribution in [0, 0.1) is 28.1 Å². The maximum Gasteiger partial charge on any atom is 0.573 e. The third-order valence-electron chi connectivity index (χ3n) is 2.97. The highest BCUT2D eigenvalue weighted by molar-refractivity contribution is 5.34. The van der Waals surface area contributed by atoms with E-state index in [4.69, 9.17) is 4.74 Å². The summed E-state index contributed by atoms with van der Waals surface area (Å²) in [6.07, 6.45) is -4.24. The van der Waals surface area contributed by atoms with Gasteiger partial charge in [-0.25, -0.2) is 0 Å². The van der Waals surface area contributed by atoms with Crippen molar-refractivity contribution in [1.82, 2.24) is 0 Å². The van der Waals surface area contributed by atoms with E-state index in [-0.39, 0.29) is 6.42 Å². The van der Waals surface area contributed by atoms with Crippen molar-refractivity contribution in [2.75, 3.05) is 7.11 Å². The summed E-state index contributed by atoms with van der Waals surface area (Å²) in [6, 6.07) is 8.64. The molecule has 0 fully saturated rings. The van der Waals surface area contributed by atoms with Gasteiger partial charge in [0.25, 0.3) is 0 Å². The third kappa shape index (κ3) is 4.00. The van der Waals surface area contributed by atoms with Crippen LogP contribution in [0.25, 0.3) is 0 Å². The van der Waals surface area contributed by atoms with E-state index in [9.17, 15) is 23.7 Å². The standard InChI is InChI=1S/C15H13F3N2O2/c1-3-8-14(9-19,10-20)13(21-2)11-4-6-12(7-5-11)22-15(16,17)18/h3-7,13H,1,8H2,2H3. The Morgan fingerprint density at radius 3 is 2.14 bits per heavy atom. The molecule has 0 aromatic heterocycles. The first kappa shape index (κ1) is 17.5. The van der Waals surface area contributed by atoms with E-state index < -0.39 is 23.6 Å². The van der Waals surface area contributed by atoms with Crippen LogP contribution in [0.15, 0.2) is 36.9 Å². The zero-order valence-electron chi connectivity index (χ0n) is 11.7. The molecule has 0 aliphatic heterocycles. The molecule has 1 aromatic rings. The first-order chi connectivity index (χ1) is 10.3. The van der Waals surface area contributed by atoms with E-state index in [0.29, 0.717) is 5.56 Å². The molecule has 1 unspecified atom stereocenters. The highest BCUT2D eigenvalue weighted by atomic mass is 19.4. The summed E-state index contributed by atoms with van der Waals surface area (Å²) >= 11 is 0. The van der Waals surface area contributed by atoms with Gasteiger partial charge in [0.2, 0.25) is 0 Å². The van der Waals surface area contributed by atoms with Crippen LogP contribution in [-0.4, -0.2) is 13.5 Å². The van der Waals surface area contributed by atoms with Gasteiger partial charge in [-0.2, -0.15) is 10.5 Å². The van der Waals surface area contributed by atoms with E-state index in [0.717, 1.165) is 12.1 Å². The SMILES string of the molecule is C=CCC(C#N)(C#N)C(OC)c1ccc(OC(F)(F)F)cc1. The summed E-state index contributed by atoms with van der Waals surface area (Å²) in [4.78, 5) is 0. The van der Waals surface area contributed by atoms with Crippen LogP contribution in [0.5, 0.6) is 5.75 Å². The van der Waals surface area contributed by atoms with Crippen molar-refractivity contribution >= 4 is 0 Å². The molecule has 0 saturated carbocycles. The zero-order chi connectivity index (χ0) is 16.8. The molecule has 4 nitrogen and oxygen atoms in total. The largest absolute Gasteiger partial charge is 0.573 e. The van der Waals surface area contributed by atoms with Gasteiger partial charge in [0.05, 0.1) is 12.1 Å². The maximum atomic E-state index is 12.1. The lowest BCUT2D eigenvalue weighted by molar-refractivity contribution is -0.274. The fourth-order valence-corrected chi connectivity index (χ4v) is 2.03. The molecule has 0 aliphatic carbocycles. The highest BCUT2D eigenvalue weighted by Crippen LogP contribution is 2.39. The minimum absolute atomic E-state index is 0.0549. The molecular weight excluding hydrogens is 297 g/mol. The van der Waals surface area contributed by atoms with E-state index >= 15 is 0 Å². The van der Waals surface area contributed by atoms with Crippen molar-refractivity contribution in [2.24, 2.45) is 5.41 Å². The number of allylic oxidation sites excluding steroid dienone is 1. The van der Waals surface area contributed by atoms with Crippen molar-refractivity contribution in [2.45, 2.75) is 18.9 Å². The molecule has 1 atom stereocenters. The van der Waals surface area contributed by atoms with Crippen LogP contribution in [0.1, 0.15) is 18.1 Å². The molecule has 0 bridgehead atoms. The summed E-state index contributed by atoms with van der Waals surface area (Å²) in [5, 5.41) is 18.6. The minimum Gasteiger partial charge on any atom is -0.406 e. The fourth-order valence-electron chi connectivity index (χ4n) is 2.03. The summed E-state index contributed by atoms with van der Waals surface area (Å²) in [7, 11) is 1.32. The number of alkyl halides is 3. The Bertz CT molecular complexity index is 583. The van der Waals surface area contributed by atoms with Crippen LogP contribution in [0.3, 0.4) is 0 Å². The number of nitrogens with zero attached hydrogens (tertiary/aromatic N) is 2. The monoisotopic (exact) mass is 310 g/mol. The smallest absolute Gasteiger partial charge is 0.406 e. The number of benzene rings is 1. The third-order valence-corrected chi connectivity index (χ3v) is 2.97. The van der Waals surface area contributed by atoms with Crippen molar-refractivity contribution in [3.63, 3.8) is 0 Å². The predicted molar refractivity (Wildman–Crippen MR) is 71.3 cm³/mol. The zero-order valence-corrected chi connectivity index (χ0v) is 11.7. The molecule has 0 N–H and O–H groups in total. The number of hydrogen-bond donors (Lipinski definition) is 0. The summed E-state index contributed by atoms with van der Waals surface area (Å²) in [5.74, 6) is -0.394. The Morgan fingerprint density at radius 2 is 1.77 bits per heavy atom. The second kappa shape index (κ2) is 6.97. The Morgan fingerprint density at radius 1 is 1.23 bits per heavy atom. The van der Waals surface area contributed by atoms with Crippen LogP contribution in [0.4, 0.5) is 13.2 Å². The van der Waals surface area contributed by atoms with Gasteiger partial charge in [-0.3, -0.25) is 0 Å². The number of ether oxygens (including phenoxy) is 2. The summed E-state index contributed by atoms with van der Waals surface area (Å²) in [6.45, 7) is 3.50. The topological polar surface area (TPSA) is 66.0 Å². The van der Waals surface area contributed by atoms with Crippen molar-refractivity contribution < 1.29 is 22.6 Å². The van der Waals surface area contributed by atoms with Crippen molar-refractivity contribution in [1.29, 1.82) is 10.5 Å². The predicted octanol–water partition coefficient (Wildman–Crippen LogP) is 3.88. The van der Waals surface area contributed by atoms with Gasteiger partial charge < -0.3 is 9.47 Å². The molecule has 1 aromatic carbocycles. The number of halogens is 3. The molecule has 0 amide bonds. The number of hydrogen-bond acceptors (Lipinski definition) is 4. The first-order valence-corrected chi connectivity index (χ1v) is 6.14. The maximum absolute atomic E-state index is 12.1. The van der Waals surface area contributed by atoms with Crippen LogP contribution < -0.4 is 4.74 Å². The Labute approximate surface area is 126 Å². The average molecular weight is 310 g/mol. The lowest BCUT2D eigenvalue weighted by Gasteiger charge is -2.27. The molecule has 0 aliphatic rings. The van der Waals surface area contributed by atoms with Gasteiger partial charge in [-0.15, -0.1) is 19.8 Å². The van der Waals surface area contributed by atoms with Gasteiger partial charge in [0.15, 0.2) is 5.41 Å². The van der Waals surface area contributed by atoms with E-state index in [1.54, 1.807) is 0 Å². The molecule has 0 radical (unpaired) electrons. The van der Waals surface area contributed by atoms with E-state index in [1.165, 1.54) is 25.3 Å². The lowest BCUT2D eigenvalue weighted by Crippen LogP contribution is -2.27. The van der Waals surface area contributed by atoms with Crippen molar-refractivity contribution in [3.05, 3.63) is 42.5 Å². The Kier molecular flexibility index (Phi) is 5.56. The van der Waals surface area contributed by atoms with Gasteiger partial charge >= 0.3 is 6.36 Å². The van der Waals surface area contributed by atoms with Gasteiger partial charge in [-0.05, 0) is 24.1 Å². The first-order valence-electron chi connectivity index (χ1n) is 6.14. The van der Waals surface area contributed by atoms with Crippen molar-refractivity contribution in [3.8, 4) is 17.9 Å². The quantitative estimate of drug-likeness (QED) is 0.748. The normalized spacial score (nSPS) is 12.8. The molecule has 1 rings (SSSR count). The van der Waals surface area contributed by atoms with Gasteiger partial charge in [-0.1, -0.05) is 18.2 Å². The summed E-state index contributed by atoms with van der Waals surface area (Å²) in [5.41, 5.74) is -1.12. The Balaban J connectivity index is 3.13. The van der Waals surface area contributed by atoms with E-state index in [2.05, 4.69) is 11.3 Å². The molecule has 22 heavy (non-hydrogen) atoms. The molecule has 7 heteroatoms. The van der Waals surface area contributed by atoms with Crippen LogP contribution >= 0.6 is 0 Å². The number of nitriles is 2. The minimum atomic E-state index is -4.78. The highest BCUT2D eigenvalue weighted by Gasteiger charge is 2.40. The van der Waals surface area contributed by atoms with Crippen LogP contribution in [0.2, 0.25) is 0 Å². The fraction of sp³-hybridized carbons (Fsp3) is 0.333. The molecule has 116 valence electrons. The lowest BCUT2D eigenvalue weighted by atomic mass is 9.78. The second-order valence-electron chi connectivity index (χ2n) is 4.42. The second-order valence-corrected chi connectivity index (χ2v) is 4.42. The number of methoxy groups -OCH3 is 1. The number of rotatable bonds is 6. The van der Waals surface area contributed by atoms with E-state index in [1.807, 2.05) is 12.1 Å². The van der Waals surface area contributed by atoms with Gasteiger partial charge in [0, 0.05) is 7.11 Å². The average Bonchev–Trinajstić information content (AvgIpc) is 2.47. The molecular formula is C15H13F3N2O2. The molecule has 0 heterocycles. The molecule has 0 spiro atoms. The Hall–Kier alpha value is -2.51.